The van der Waals surface area contributed by atoms with Crippen LogP contribution >= 0.6 is 0 Å². The summed E-state index contributed by atoms with van der Waals surface area (Å²) in [4.78, 5) is 1.62. The van der Waals surface area contributed by atoms with Gasteiger partial charge in [-0.15, -0.1) is 0 Å². The van der Waals surface area contributed by atoms with Crippen LogP contribution in [-0.4, -0.2) is 24.2 Å². The van der Waals surface area contributed by atoms with Crippen molar-refractivity contribution in [2.75, 3.05) is 13.1 Å². The van der Waals surface area contributed by atoms with Crippen LogP contribution in [0.15, 0.2) is 30.3 Å². The molecule has 110 valence electrons. The second kappa shape index (κ2) is 4.85. The number of rotatable bonds is 3. The van der Waals surface area contributed by atoms with Gasteiger partial charge in [0.1, 0.15) is 12.6 Å². The van der Waals surface area contributed by atoms with Gasteiger partial charge in [0, 0.05) is 18.3 Å². The largest absolute Gasteiger partial charge is 0.382 e. The lowest BCUT2D eigenvalue weighted by Crippen LogP contribution is -3.14. The summed E-state index contributed by atoms with van der Waals surface area (Å²) in [7, 11) is 0. The SMILES string of the molecule is CC1(C)C[C@@H]2C[C@@](C)(C[NH+]2C[C@@H](O)c2ccccc2)C1. The van der Waals surface area contributed by atoms with Gasteiger partial charge in [-0.25, -0.2) is 0 Å². The van der Waals surface area contributed by atoms with E-state index in [9.17, 15) is 5.11 Å². The smallest absolute Gasteiger partial charge is 0.128 e. The van der Waals surface area contributed by atoms with Crippen LogP contribution in [0.1, 0.15) is 51.7 Å². The zero-order valence-corrected chi connectivity index (χ0v) is 13.0. The van der Waals surface area contributed by atoms with Crippen LogP contribution in [0.4, 0.5) is 0 Å². The third-order valence-electron chi connectivity index (χ3n) is 5.31. The summed E-state index contributed by atoms with van der Waals surface area (Å²) in [5.41, 5.74) is 2.01. The number of nitrogens with one attached hydrogen (secondary N) is 1. The molecule has 2 aliphatic rings. The van der Waals surface area contributed by atoms with E-state index in [1.54, 1.807) is 4.90 Å². The lowest BCUT2D eigenvalue weighted by atomic mass is 9.65. The quantitative estimate of drug-likeness (QED) is 0.868. The van der Waals surface area contributed by atoms with Gasteiger partial charge in [-0.2, -0.15) is 0 Å². The maximum atomic E-state index is 10.5. The Kier molecular flexibility index (Phi) is 3.42. The van der Waals surface area contributed by atoms with Crippen molar-refractivity contribution in [2.45, 2.75) is 52.2 Å². The Bertz CT molecular complexity index is 470. The molecule has 1 aromatic carbocycles. The first-order valence-corrected chi connectivity index (χ1v) is 7.95. The highest BCUT2D eigenvalue weighted by Crippen LogP contribution is 2.47. The Labute approximate surface area is 122 Å². The molecule has 0 amide bonds. The van der Waals surface area contributed by atoms with Crippen LogP contribution in [-0.2, 0) is 0 Å². The van der Waals surface area contributed by atoms with Crippen molar-refractivity contribution in [2.24, 2.45) is 10.8 Å². The Morgan fingerprint density at radius 1 is 1.20 bits per heavy atom. The van der Waals surface area contributed by atoms with E-state index in [-0.39, 0.29) is 6.10 Å². The van der Waals surface area contributed by atoms with E-state index in [1.807, 2.05) is 30.3 Å². The number of aliphatic hydroxyl groups is 1. The summed E-state index contributed by atoms with van der Waals surface area (Å²) < 4.78 is 0. The fourth-order valence-corrected chi connectivity index (χ4v) is 5.03. The molecule has 2 fully saturated rings. The van der Waals surface area contributed by atoms with E-state index in [0.29, 0.717) is 10.8 Å². The first kappa shape index (κ1) is 14.1. The molecule has 2 heteroatoms. The van der Waals surface area contributed by atoms with Crippen LogP contribution in [0.5, 0.6) is 0 Å². The number of hydrogen-bond donors (Lipinski definition) is 2. The zero-order valence-electron chi connectivity index (χ0n) is 13.0. The van der Waals surface area contributed by atoms with Gasteiger partial charge in [0.2, 0.25) is 0 Å². The third kappa shape index (κ3) is 2.77. The van der Waals surface area contributed by atoms with Crippen molar-refractivity contribution >= 4 is 0 Å². The predicted octanol–water partition coefficient (Wildman–Crippen LogP) is 2.20. The number of benzene rings is 1. The van der Waals surface area contributed by atoms with E-state index < -0.39 is 0 Å². The van der Waals surface area contributed by atoms with Crippen LogP contribution < -0.4 is 4.90 Å². The Morgan fingerprint density at radius 2 is 1.90 bits per heavy atom. The molecule has 0 radical (unpaired) electrons. The van der Waals surface area contributed by atoms with Gasteiger partial charge in [0.05, 0.1) is 12.6 Å². The molecule has 0 aromatic heterocycles. The highest BCUT2D eigenvalue weighted by atomic mass is 16.3. The summed E-state index contributed by atoms with van der Waals surface area (Å²) in [6.07, 6.45) is 3.66. The Balaban J connectivity index is 1.70. The molecule has 0 spiro atoms. The molecule has 1 aliphatic carbocycles. The second-order valence-electron chi connectivity index (χ2n) is 8.22. The van der Waals surface area contributed by atoms with Crippen molar-refractivity contribution in [1.29, 1.82) is 0 Å². The average Bonchev–Trinajstić information content (AvgIpc) is 2.59. The highest BCUT2D eigenvalue weighted by Gasteiger charge is 2.52. The Morgan fingerprint density at radius 3 is 2.60 bits per heavy atom. The molecular weight excluding hydrogens is 246 g/mol. The molecule has 1 saturated heterocycles. The van der Waals surface area contributed by atoms with Crippen LogP contribution in [0, 0.1) is 10.8 Å². The van der Waals surface area contributed by atoms with Gasteiger partial charge >= 0.3 is 0 Å². The number of fused-ring (bicyclic) bond motifs is 2. The van der Waals surface area contributed by atoms with E-state index >= 15 is 0 Å². The topological polar surface area (TPSA) is 24.7 Å². The number of likely N-dealkylation sites (tertiary alicyclic amines) is 1. The van der Waals surface area contributed by atoms with Crippen molar-refractivity contribution in [3.05, 3.63) is 35.9 Å². The van der Waals surface area contributed by atoms with Gasteiger partial charge in [-0.05, 0) is 17.4 Å². The molecule has 2 nitrogen and oxygen atoms in total. The molecule has 1 aromatic rings. The van der Waals surface area contributed by atoms with Gasteiger partial charge in [0.25, 0.3) is 0 Å². The minimum Gasteiger partial charge on any atom is -0.382 e. The zero-order chi connectivity index (χ0) is 14.4. The van der Waals surface area contributed by atoms with Crippen LogP contribution in [0.25, 0.3) is 0 Å². The van der Waals surface area contributed by atoms with Gasteiger partial charge < -0.3 is 10.0 Å². The summed E-state index contributed by atoms with van der Waals surface area (Å²) >= 11 is 0. The molecule has 1 heterocycles. The summed E-state index contributed by atoms with van der Waals surface area (Å²) in [6.45, 7) is 9.36. The van der Waals surface area contributed by atoms with Crippen LogP contribution in [0.3, 0.4) is 0 Å². The molecule has 3 rings (SSSR count). The maximum absolute atomic E-state index is 10.5. The highest BCUT2D eigenvalue weighted by molar-refractivity contribution is 5.17. The van der Waals surface area contributed by atoms with Crippen molar-refractivity contribution < 1.29 is 10.0 Å². The fourth-order valence-electron chi connectivity index (χ4n) is 5.03. The van der Waals surface area contributed by atoms with Gasteiger partial charge in [-0.1, -0.05) is 51.1 Å². The second-order valence-corrected chi connectivity index (χ2v) is 8.22. The van der Waals surface area contributed by atoms with Gasteiger partial charge in [0.15, 0.2) is 0 Å². The van der Waals surface area contributed by atoms with Crippen molar-refractivity contribution in [3.63, 3.8) is 0 Å². The number of quaternary nitrogens is 1. The van der Waals surface area contributed by atoms with Gasteiger partial charge in [-0.3, -0.25) is 0 Å². The third-order valence-corrected chi connectivity index (χ3v) is 5.31. The van der Waals surface area contributed by atoms with Crippen molar-refractivity contribution in [3.8, 4) is 0 Å². The van der Waals surface area contributed by atoms with E-state index in [1.165, 1.54) is 25.8 Å². The minimum atomic E-state index is -0.322. The number of hydrogen-bond acceptors (Lipinski definition) is 1. The molecule has 1 aliphatic heterocycles. The normalized spacial score (nSPS) is 36.8. The fraction of sp³-hybridized carbons (Fsp3) is 0.667. The molecule has 1 unspecified atom stereocenters. The monoisotopic (exact) mass is 274 g/mol. The van der Waals surface area contributed by atoms with Crippen LogP contribution in [0.2, 0.25) is 0 Å². The lowest BCUT2D eigenvalue weighted by Gasteiger charge is -2.37. The standard InChI is InChI=1S/C18H27NO/c1-17(2)9-15-10-18(3,12-17)13-19(15)11-16(20)14-7-5-4-6-8-14/h4-8,15-16,20H,9-13H2,1-3H3/p+1/t15-,16-,18-/m1/s1. The van der Waals surface area contributed by atoms with E-state index in [0.717, 1.165) is 18.2 Å². The van der Waals surface area contributed by atoms with E-state index in [2.05, 4.69) is 20.8 Å². The summed E-state index contributed by atoms with van der Waals surface area (Å²) in [6, 6.07) is 10.9. The Hall–Kier alpha value is -0.860. The summed E-state index contributed by atoms with van der Waals surface area (Å²) in [5.74, 6) is 0. The average molecular weight is 274 g/mol. The molecule has 1 saturated carbocycles. The molecule has 2 bridgehead atoms. The first-order chi connectivity index (χ1) is 9.37. The number of aliphatic hydroxyl groups excluding tert-OH is 1. The van der Waals surface area contributed by atoms with E-state index in [4.69, 9.17) is 0 Å². The predicted molar refractivity (Wildman–Crippen MR) is 81.6 cm³/mol. The van der Waals surface area contributed by atoms with Crippen molar-refractivity contribution in [1.82, 2.24) is 0 Å². The molecular formula is C18H28NO+. The lowest BCUT2D eigenvalue weighted by molar-refractivity contribution is -0.918. The minimum absolute atomic E-state index is 0.322. The molecule has 20 heavy (non-hydrogen) atoms. The molecule has 4 atom stereocenters. The summed E-state index contributed by atoms with van der Waals surface area (Å²) in [5, 5.41) is 10.5. The first-order valence-electron chi connectivity index (χ1n) is 7.95. The molecule has 2 N–H and O–H groups in total. The maximum Gasteiger partial charge on any atom is 0.128 e.